The van der Waals surface area contributed by atoms with Gasteiger partial charge in [0.25, 0.3) is 0 Å². The van der Waals surface area contributed by atoms with Crippen molar-refractivity contribution in [2.75, 3.05) is 0 Å². The van der Waals surface area contributed by atoms with Crippen LogP contribution in [0.15, 0.2) is 30.9 Å². The van der Waals surface area contributed by atoms with Crippen LogP contribution in [0.1, 0.15) is 28.8 Å². The van der Waals surface area contributed by atoms with Crippen LogP contribution in [0.2, 0.25) is 0 Å². The van der Waals surface area contributed by atoms with E-state index in [1.165, 1.54) is 5.56 Å². The molecule has 1 aliphatic heterocycles. The Morgan fingerprint density at radius 2 is 2.29 bits per heavy atom. The van der Waals surface area contributed by atoms with E-state index in [2.05, 4.69) is 6.58 Å². The Kier molecular flexibility index (Phi) is 2.35. The van der Waals surface area contributed by atoms with E-state index in [1.54, 1.807) is 0 Å². The normalized spacial score (nSPS) is 12.7. The average molecular weight is 188 g/mol. The van der Waals surface area contributed by atoms with Crippen molar-refractivity contribution in [1.82, 2.24) is 0 Å². The highest BCUT2D eigenvalue weighted by atomic mass is 16.6. The van der Waals surface area contributed by atoms with Gasteiger partial charge < -0.3 is 4.74 Å². The first-order valence-electron chi connectivity index (χ1n) is 4.77. The number of hydrogen-bond donors (Lipinski definition) is 0. The molecule has 1 heterocycles. The second-order valence-electron chi connectivity index (χ2n) is 3.40. The molecule has 0 saturated carbocycles. The first kappa shape index (κ1) is 9.00. The summed E-state index contributed by atoms with van der Waals surface area (Å²) in [5.74, 6) is 0.517. The molecule has 2 rings (SSSR count). The van der Waals surface area contributed by atoms with Crippen LogP contribution < -0.4 is 4.74 Å². The van der Waals surface area contributed by atoms with Gasteiger partial charge in [0.2, 0.25) is 0 Å². The van der Waals surface area contributed by atoms with Crippen LogP contribution in [0.25, 0.3) is 0 Å². The van der Waals surface area contributed by atoms with E-state index in [0.717, 1.165) is 25.0 Å². The maximum Gasteiger partial charge on any atom is 0.347 e. The lowest BCUT2D eigenvalue weighted by Gasteiger charge is -2.17. The molecule has 1 aromatic rings. The van der Waals surface area contributed by atoms with Crippen molar-refractivity contribution in [2.45, 2.75) is 19.3 Å². The van der Waals surface area contributed by atoms with Crippen LogP contribution in [0.3, 0.4) is 0 Å². The summed E-state index contributed by atoms with van der Waals surface area (Å²) in [5, 5.41) is 0. The van der Waals surface area contributed by atoms with Gasteiger partial charge in [-0.15, -0.1) is 6.58 Å². The molecule has 0 unspecified atom stereocenters. The zero-order chi connectivity index (χ0) is 9.97. The van der Waals surface area contributed by atoms with Gasteiger partial charge >= 0.3 is 5.97 Å². The van der Waals surface area contributed by atoms with E-state index in [4.69, 9.17) is 4.74 Å². The summed E-state index contributed by atoms with van der Waals surface area (Å²) in [6.45, 7) is 3.68. The first-order valence-corrected chi connectivity index (χ1v) is 4.77. The number of rotatable bonds is 4. The van der Waals surface area contributed by atoms with Gasteiger partial charge in [0.05, 0.1) is 0 Å². The molecule has 0 N–H and O–H groups in total. The fourth-order valence-corrected chi connectivity index (χ4v) is 1.53. The highest BCUT2D eigenvalue weighted by Gasteiger charge is 2.25. The van der Waals surface area contributed by atoms with Gasteiger partial charge in [-0.1, -0.05) is 12.1 Å². The minimum atomic E-state index is -0.211. The first-order chi connectivity index (χ1) is 6.81. The summed E-state index contributed by atoms with van der Waals surface area (Å²) in [4.78, 5) is 10.9. The quantitative estimate of drug-likeness (QED) is 0.412. The predicted molar refractivity (Wildman–Crippen MR) is 54.5 cm³/mol. The summed E-state index contributed by atoms with van der Waals surface area (Å²) in [6, 6.07) is 5.77. The molecular formula is C12H12O2. The number of benzene rings is 1. The van der Waals surface area contributed by atoms with Gasteiger partial charge in [0.1, 0.15) is 11.3 Å². The van der Waals surface area contributed by atoms with Crippen molar-refractivity contribution in [3.8, 4) is 5.75 Å². The maximum absolute atomic E-state index is 10.9. The average Bonchev–Trinajstić information content (AvgIpc) is 2.17. The van der Waals surface area contributed by atoms with E-state index < -0.39 is 0 Å². The zero-order valence-electron chi connectivity index (χ0n) is 7.95. The third-order valence-electron chi connectivity index (χ3n) is 2.34. The van der Waals surface area contributed by atoms with Crippen LogP contribution in [0.4, 0.5) is 0 Å². The Bertz CT molecular complexity index is 380. The molecule has 0 saturated heterocycles. The van der Waals surface area contributed by atoms with Crippen LogP contribution >= 0.6 is 0 Å². The summed E-state index contributed by atoms with van der Waals surface area (Å²) < 4.78 is 4.87. The Morgan fingerprint density at radius 3 is 2.93 bits per heavy atom. The van der Waals surface area contributed by atoms with Crippen LogP contribution in [0.5, 0.6) is 5.75 Å². The van der Waals surface area contributed by atoms with Gasteiger partial charge in [0.15, 0.2) is 0 Å². The highest BCUT2D eigenvalue weighted by Crippen LogP contribution is 2.30. The van der Waals surface area contributed by atoms with E-state index in [9.17, 15) is 4.79 Å². The van der Waals surface area contributed by atoms with Crippen molar-refractivity contribution in [2.24, 2.45) is 0 Å². The smallest absolute Gasteiger partial charge is 0.347 e. The van der Waals surface area contributed by atoms with Crippen molar-refractivity contribution >= 4 is 5.97 Å². The van der Waals surface area contributed by atoms with Gasteiger partial charge in [-0.2, -0.15) is 0 Å². The Labute approximate surface area is 83.2 Å². The molecular weight excluding hydrogens is 176 g/mol. The van der Waals surface area contributed by atoms with Crippen molar-refractivity contribution in [3.63, 3.8) is 0 Å². The summed E-state index contributed by atoms with van der Waals surface area (Å²) in [7, 11) is 0. The number of esters is 1. The van der Waals surface area contributed by atoms with E-state index in [-0.39, 0.29) is 5.97 Å². The molecule has 0 bridgehead atoms. The minimum absolute atomic E-state index is 0.211. The molecule has 14 heavy (non-hydrogen) atoms. The molecule has 1 aromatic carbocycles. The fourth-order valence-electron chi connectivity index (χ4n) is 1.53. The summed E-state index contributed by atoms with van der Waals surface area (Å²) in [5.41, 5.74) is 1.93. The van der Waals surface area contributed by atoms with Crippen LogP contribution in [0, 0.1) is 0 Å². The fraction of sp³-hybridized carbons (Fsp3) is 0.250. The summed E-state index contributed by atoms with van der Waals surface area (Å²) >= 11 is 0. The monoisotopic (exact) mass is 188 g/mol. The highest BCUT2D eigenvalue weighted by molar-refractivity contribution is 6.01. The van der Waals surface area contributed by atoms with Gasteiger partial charge in [0, 0.05) is 0 Å². The topological polar surface area (TPSA) is 26.3 Å². The number of allylic oxidation sites excluding steroid dienone is 1. The van der Waals surface area contributed by atoms with Crippen molar-refractivity contribution < 1.29 is 9.53 Å². The maximum atomic E-state index is 10.9. The van der Waals surface area contributed by atoms with Crippen molar-refractivity contribution in [3.05, 3.63) is 42.0 Å². The third kappa shape index (κ3) is 1.55. The minimum Gasteiger partial charge on any atom is -0.422 e. The molecule has 0 radical (unpaired) electrons. The number of carbonyl (C=O) groups is 1. The molecule has 0 aliphatic carbocycles. The number of fused-ring (bicyclic) bond motifs is 1. The number of ether oxygens (including phenoxy) is 1. The van der Waals surface area contributed by atoms with E-state index >= 15 is 0 Å². The molecule has 0 spiro atoms. The number of aryl methyl sites for hydroxylation is 1. The SMILES string of the molecule is C=CCCCc1ccc2c(c1)OC2=O. The number of carbonyl (C=O) groups excluding carboxylic acids is 1. The van der Waals surface area contributed by atoms with Crippen LogP contribution in [-0.2, 0) is 6.42 Å². The summed E-state index contributed by atoms with van der Waals surface area (Å²) in [6.07, 6.45) is 5.05. The third-order valence-corrected chi connectivity index (χ3v) is 2.34. The molecule has 2 heteroatoms. The lowest BCUT2D eigenvalue weighted by molar-refractivity contribution is 0.0658. The Morgan fingerprint density at radius 1 is 1.43 bits per heavy atom. The molecule has 0 fully saturated rings. The number of hydrogen-bond acceptors (Lipinski definition) is 2. The zero-order valence-corrected chi connectivity index (χ0v) is 7.95. The van der Waals surface area contributed by atoms with E-state index in [0.29, 0.717) is 5.56 Å². The molecule has 0 amide bonds. The molecule has 0 atom stereocenters. The van der Waals surface area contributed by atoms with Crippen LogP contribution in [-0.4, -0.2) is 5.97 Å². The second kappa shape index (κ2) is 3.66. The predicted octanol–water partition coefficient (Wildman–Crippen LogP) is 2.73. The molecule has 0 aromatic heterocycles. The number of unbranched alkanes of at least 4 members (excludes halogenated alkanes) is 1. The van der Waals surface area contributed by atoms with Gasteiger partial charge in [-0.3, -0.25) is 0 Å². The lowest BCUT2D eigenvalue weighted by atomic mass is 10.0. The van der Waals surface area contributed by atoms with E-state index in [1.807, 2.05) is 24.3 Å². The molecule has 1 aliphatic rings. The standard InChI is InChI=1S/C12H12O2/c1-2-3-4-5-9-6-7-10-11(8-9)14-12(10)13/h2,6-8H,1,3-5H2. The Hall–Kier alpha value is -1.57. The van der Waals surface area contributed by atoms with Gasteiger partial charge in [-0.05, 0) is 37.0 Å². The second-order valence-corrected chi connectivity index (χ2v) is 3.40. The molecule has 72 valence electrons. The Balaban J connectivity index is 2.03. The van der Waals surface area contributed by atoms with Gasteiger partial charge in [-0.25, -0.2) is 4.79 Å². The van der Waals surface area contributed by atoms with Crippen molar-refractivity contribution in [1.29, 1.82) is 0 Å². The lowest BCUT2D eigenvalue weighted by Crippen LogP contribution is -2.20. The largest absolute Gasteiger partial charge is 0.422 e. The molecule has 2 nitrogen and oxygen atoms in total.